The van der Waals surface area contributed by atoms with E-state index in [9.17, 15) is 4.79 Å². The monoisotopic (exact) mass is 526 g/mol. The number of rotatable bonds is 4. The summed E-state index contributed by atoms with van der Waals surface area (Å²) in [6.07, 6.45) is 0. The van der Waals surface area contributed by atoms with E-state index in [0.717, 1.165) is 33.4 Å². The van der Waals surface area contributed by atoms with Crippen molar-refractivity contribution < 1.29 is 4.79 Å². The SMILES string of the molecule is CC1(C)c2cc(-c3ccccc3-c3ccccc3)ccc2C(=O)c2ccc(-c3ccccc3-c3ccccc3)cc21. The quantitative estimate of drug-likeness (QED) is 0.223. The zero-order valence-corrected chi connectivity index (χ0v) is 23.3. The van der Waals surface area contributed by atoms with Crippen LogP contribution in [0.1, 0.15) is 40.9 Å². The molecule has 0 amide bonds. The lowest BCUT2D eigenvalue weighted by molar-refractivity contribution is 0.103. The molecule has 1 aliphatic carbocycles. The summed E-state index contributed by atoms with van der Waals surface area (Å²) in [5.41, 5.74) is 12.7. The minimum absolute atomic E-state index is 0.0973. The maximum atomic E-state index is 13.9. The molecule has 6 aromatic carbocycles. The van der Waals surface area contributed by atoms with Gasteiger partial charge < -0.3 is 0 Å². The smallest absolute Gasteiger partial charge is 0.193 e. The maximum Gasteiger partial charge on any atom is 0.193 e. The Hall–Kier alpha value is -5.01. The highest BCUT2D eigenvalue weighted by Crippen LogP contribution is 2.45. The molecule has 0 N–H and O–H groups in total. The molecule has 7 rings (SSSR count). The summed E-state index contributed by atoms with van der Waals surface area (Å²) >= 11 is 0. The van der Waals surface area contributed by atoms with E-state index in [4.69, 9.17) is 0 Å². The maximum absolute atomic E-state index is 13.9. The average Bonchev–Trinajstić information content (AvgIpc) is 3.04. The normalized spacial score (nSPS) is 13.4. The molecular weight excluding hydrogens is 496 g/mol. The molecule has 6 aromatic rings. The number of carbonyl (C=O) groups excluding carboxylic acids is 1. The van der Waals surface area contributed by atoms with Gasteiger partial charge in [0.05, 0.1) is 0 Å². The molecular formula is C40H30O. The van der Waals surface area contributed by atoms with Crippen molar-refractivity contribution in [3.8, 4) is 44.5 Å². The lowest BCUT2D eigenvalue weighted by atomic mass is 9.67. The molecule has 0 aromatic heterocycles. The third-order valence-corrected chi connectivity index (χ3v) is 8.52. The molecule has 0 saturated heterocycles. The second-order valence-corrected chi connectivity index (χ2v) is 11.3. The van der Waals surface area contributed by atoms with Gasteiger partial charge in [-0.25, -0.2) is 0 Å². The number of ketones is 1. The highest BCUT2D eigenvalue weighted by atomic mass is 16.1. The van der Waals surface area contributed by atoms with Gasteiger partial charge >= 0.3 is 0 Å². The average molecular weight is 527 g/mol. The van der Waals surface area contributed by atoms with E-state index in [0.29, 0.717) is 0 Å². The van der Waals surface area contributed by atoms with Crippen molar-refractivity contribution in [2.24, 2.45) is 0 Å². The highest BCUT2D eigenvalue weighted by Gasteiger charge is 2.37. The first kappa shape index (κ1) is 25.0. The van der Waals surface area contributed by atoms with Crippen LogP contribution in [0.15, 0.2) is 146 Å². The van der Waals surface area contributed by atoms with Gasteiger partial charge in [-0.2, -0.15) is 0 Å². The predicted molar refractivity (Wildman–Crippen MR) is 170 cm³/mol. The van der Waals surface area contributed by atoms with E-state index in [1.165, 1.54) is 33.4 Å². The molecule has 196 valence electrons. The molecule has 0 unspecified atom stereocenters. The topological polar surface area (TPSA) is 17.1 Å². The fraction of sp³-hybridized carbons (Fsp3) is 0.0750. The lowest BCUT2D eigenvalue weighted by Crippen LogP contribution is -2.30. The molecule has 41 heavy (non-hydrogen) atoms. The van der Waals surface area contributed by atoms with Crippen molar-refractivity contribution in [3.63, 3.8) is 0 Å². The van der Waals surface area contributed by atoms with E-state index >= 15 is 0 Å². The van der Waals surface area contributed by atoms with Crippen molar-refractivity contribution in [2.75, 3.05) is 0 Å². The molecule has 1 nitrogen and oxygen atoms in total. The molecule has 0 atom stereocenters. The van der Waals surface area contributed by atoms with Crippen LogP contribution in [0.2, 0.25) is 0 Å². The van der Waals surface area contributed by atoms with Crippen LogP contribution in [0.4, 0.5) is 0 Å². The first-order valence-corrected chi connectivity index (χ1v) is 14.2. The van der Waals surface area contributed by atoms with E-state index in [1.54, 1.807) is 0 Å². The highest BCUT2D eigenvalue weighted by molar-refractivity contribution is 6.14. The first-order chi connectivity index (χ1) is 20.0. The van der Waals surface area contributed by atoms with Gasteiger partial charge in [0.25, 0.3) is 0 Å². The first-order valence-electron chi connectivity index (χ1n) is 14.2. The Morgan fingerprint density at radius 2 is 0.707 bits per heavy atom. The minimum atomic E-state index is -0.353. The Kier molecular flexibility index (Phi) is 6.02. The third-order valence-electron chi connectivity index (χ3n) is 8.52. The molecule has 0 bridgehead atoms. The molecule has 0 radical (unpaired) electrons. The van der Waals surface area contributed by atoms with E-state index < -0.39 is 0 Å². The lowest BCUT2D eigenvalue weighted by Gasteiger charge is -2.35. The fourth-order valence-corrected chi connectivity index (χ4v) is 6.35. The van der Waals surface area contributed by atoms with Crippen LogP contribution in [0.25, 0.3) is 44.5 Å². The van der Waals surface area contributed by atoms with Gasteiger partial charge in [0, 0.05) is 16.5 Å². The predicted octanol–water partition coefficient (Wildman–Crippen LogP) is 10.2. The van der Waals surface area contributed by atoms with Crippen LogP contribution in [0.5, 0.6) is 0 Å². The van der Waals surface area contributed by atoms with Crippen LogP contribution in [0, 0.1) is 0 Å². The second kappa shape index (κ2) is 9.87. The van der Waals surface area contributed by atoms with Crippen LogP contribution in [0.3, 0.4) is 0 Å². The van der Waals surface area contributed by atoms with Crippen LogP contribution in [-0.2, 0) is 5.41 Å². The van der Waals surface area contributed by atoms with E-state index in [1.807, 2.05) is 24.3 Å². The molecule has 1 heteroatoms. The summed E-state index contributed by atoms with van der Waals surface area (Å²) in [6.45, 7) is 4.49. The van der Waals surface area contributed by atoms with E-state index in [2.05, 4.69) is 135 Å². The van der Waals surface area contributed by atoms with Crippen molar-refractivity contribution in [3.05, 3.63) is 168 Å². The zero-order chi connectivity index (χ0) is 28.0. The van der Waals surface area contributed by atoms with Gasteiger partial charge in [-0.3, -0.25) is 4.79 Å². The van der Waals surface area contributed by atoms with Crippen LogP contribution >= 0.6 is 0 Å². The van der Waals surface area contributed by atoms with Gasteiger partial charge in [-0.05, 0) is 67.8 Å². The second-order valence-electron chi connectivity index (χ2n) is 11.3. The number of hydrogen-bond donors (Lipinski definition) is 0. The van der Waals surface area contributed by atoms with Crippen LogP contribution in [-0.4, -0.2) is 5.78 Å². The molecule has 1 aliphatic rings. The van der Waals surface area contributed by atoms with Gasteiger partial charge in [-0.1, -0.05) is 147 Å². The summed E-state index contributed by atoms with van der Waals surface area (Å²) in [7, 11) is 0. The summed E-state index contributed by atoms with van der Waals surface area (Å²) in [5, 5.41) is 0. The summed E-state index contributed by atoms with van der Waals surface area (Å²) in [4.78, 5) is 13.9. The van der Waals surface area contributed by atoms with Crippen molar-refractivity contribution in [1.82, 2.24) is 0 Å². The Morgan fingerprint density at radius 1 is 0.366 bits per heavy atom. The fourth-order valence-electron chi connectivity index (χ4n) is 6.35. The third kappa shape index (κ3) is 4.22. The summed E-state index contributed by atoms with van der Waals surface area (Å²) < 4.78 is 0. The largest absolute Gasteiger partial charge is 0.289 e. The van der Waals surface area contributed by atoms with Gasteiger partial charge in [-0.15, -0.1) is 0 Å². The van der Waals surface area contributed by atoms with E-state index in [-0.39, 0.29) is 11.2 Å². The van der Waals surface area contributed by atoms with Gasteiger partial charge in [0.2, 0.25) is 0 Å². The Labute approximate surface area is 241 Å². The number of hydrogen-bond acceptors (Lipinski definition) is 1. The van der Waals surface area contributed by atoms with Gasteiger partial charge in [0.1, 0.15) is 0 Å². The zero-order valence-electron chi connectivity index (χ0n) is 23.3. The Bertz CT molecular complexity index is 1770. The molecule has 0 heterocycles. The summed E-state index contributed by atoms with van der Waals surface area (Å²) in [5.74, 6) is 0.0973. The molecule has 0 fully saturated rings. The number of carbonyl (C=O) groups is 1. The van der Waals surface area contributed by atoms with Gasteiger partial charge in [0.15, 0.2) is 5.78 Å². The Balaban J connectivity index is 1.36. The van der Waals surface area contributed by atoms with Crippen molar-refractivity contribution >= 4 is 5.78 Å². The molecule has 0 spiro atoms. The number of benzene rings is 6. The Morgan fingerprint density at radius 3 is 1.10 bits per heavy atom. The standard InChI is InChI=1S/C40H30O/c1-40(2)37-25-29(33-19-11-9-17-31(33)27-13-5-3-6-14-27)21-23-35(37)39(41)36-24-22-30(26-38(36)40)34-20-12-10-18-32(34)28-15-7-4-8-16-28/h3-26H,1-2H3. The van der Waals surface area contributed by atoms with Crippen molar-refractivity contribution in [1.29, 1.82) is 0 Å². The summed E-state index contributed by atoms with van der Waals surface area (Å²) in [6, 6.07) is 50.8. The molecule has 0 aliphatic heterocycles. The van der Waals surface area contributed by atoms with Crippen LogP contribution < -0.4 is 0 Å². The number of fused-ring (bicyclic) bond motifs is 2. The minimum Gasteiger partial charge on any atom is -0.289 e. The van der Waals surface area contributed by atoms with Crippen molar-refractivity contribution in [2.45, 2.75) is 19.3 Å². The molecule has 0 saturated carbocycles.